The van der Waals surface area contributed by atoms with Crippen LogP contribution in [0.25, 0.3) is 11.0 Å². The third-order valence-electron chi connectivity index (χ3n) is 3.35. The maximum Gasteiger partial charge on any atom is 0.150 e. The van der Waals surface area contributed by atoms with E-state index in [0.717, 1.165) is 37.8 Å². The van der Waals surface area contributed by atoms with Gasteiger partial charge in [0.05, 0.1) is 22.6 Å². The minimum absolute atomic E-state index is 0.0517. The van der Waals surface area contributed by atoms with Crippen molar-refractivity contribution in [3.8, 4) is 5.75 Å². The maximum absolute atomic E-state index is 6.10. The first kappa shape index (κ1) is 16.8. The fourth-order valence-corrected chi connectivity index (χ4v) is 3.47. The second-order valence-corrected chi connectivity index (χ2v) is 7.69. The molecule has 0 aliphatic rings. The van der Waals surface area contributed by atoms with Gasteiger partial charge in [0.1, 0.15) is 17.1 Å². The highest BCUT2D eigenvalue weighted by Gasteiger charge is 2.21. The minimum Gasteiger partial charge on any atom is -0.496 e. The summed E-state index contributed by atoms with van der Waals surface area (Å²) < 4.78 is 13.4. The van der Waals surface area contributed by atoms with E-state index in [1.54, 1.807) is 7.11 Å². The van der Waals surface area contributed by atoms with E-state index in [1.165, 1.54) is 5.56 Å². The van der Waals surface area contributed by atoms with Crippen molar-refractivity contribution < 1.29 is 9.15 Å². The Morgan fingerprint density at radius 2 is 1.95 bits per heavy atom. The summed E-state index contributed by atoms with van der Waals surface area (Å²) in [5.74, 6) is 1.79. The van der Waals surface area contributed by atoms with Gasteiger partial charge in [0.2, 0.25) is 0 Å². The Morgan fingerprint density at radius 3 is 2.48 bits per heavy atom. The number of furan rings is 1. The molecule has 0 amide bonds. The standard InChI is InChI=1S/C16H21Br2NO2/c1-6-9-12(8-19-16(2,3)4)21-15-10(17)7-11(20-5)14(18)13(9)15/h7,19H,6,8H2,1-5H3. The van der Waals surface area contributed by atoms with Crippen molar-refractivity contribution in [2.24, 2.45) is 0 Å². The lowest BCUT2D eigenvalue weighted by atomic mass is 10.1. The minimum atomic E-state index is 0.0517. The Bertz CT molecular complexity index is 657. The van der Waals surface area contributed by atoms with Crippen LogP contribution in [0.3, 0.4) is 0 Å². The van der Waals surface area contributed by atoms with Crippen LogP contribution in [0.15, 0.2) is 19.4 Å². The molecule has 1 aromatic carbocycles. The number of halogens is 2. The summed E-state index contributed by atoms with van der Waals surface area (Å²) in [6.07, 6.45) is 0.909. The average molecular weight is 419 g/mol. The van der Waals surface area contributed by atoms with Gasteiger partial charge in [-0.3, -0.25) is 0 Å². The SMILES string of the molecule is CCc1c(CNC(C)(C)C)oc2c(Br)cc(OC)c(Br)c12. The van der Waals surface area contributed by atoms with E-state index in [0.29, 0.717) is 6.54 Å². The van der Waals surface area contributed by atoms with Crippen molar-refractivity contribution in [3.63, 3.8) is 0 Å². The summed E-state index contributed by atoms with van der Waals surface area (Å²) in [4.78, 5) is 0. The summed E-state index contributed by atoms with van der Waals surface area (Å²) >= 11 is 7.22. The van der Waals surface area contributed by atoms with Crippen LogP contribution >= 0.6 is 31.9 Å². The van der Waals surface area contributed by atoms with Gasteiger partial charge in [-0.15, -0.1) is 0 Å². The van der Waals surface area contributed by atoms with Crippen LogP contribution in [-0.2, 0) is 13.0 Å². The third kappa shape index (κ3) is 3.46. The largest absolute Gasteiger partial charge is 0.496 e. The molecular weight excluding hydrogens is 398 g/mol. The fourth-order valence-electron chi connectivity index (χ4n) is 2.29. The number of methoxy groups -OCH3 is 1. The first-order chi connectivity index (χ1) is 9.78. The molecule has 3 nitrogen and oxygen atoms in total. The van der Waals surface area contributed by atoms with Gasteiger partial charge in [-0.2, -0.15) is 0 Å². The first-order valence-electron chi connectivity index (χ1n) is 6.99. The van der Waals surface area contributed by atoms with Crippen LogP contribution in [0.5, 0.6) is 5.75 Å². The average Bonchev–Trinajstić information content (AvgIpc) is 2.79. The van der Waals surface area contributed by atoms with Crippen molar-refractivity contribution in [3.05, 3.63) is 26.3 Å². The molecule has 0 saturated heterocycles. The van der Waals surface area contributed by atoms with Crippen LogP contribution in [0.4, 0.5) is 0 Å². The van der Waals surface area contributed by atoms with Gasteiger partial charge >= 0.3 is 0 Å². The van der Waals surface area contributed by atoms with Gasteiger partial charge in [0.25, 0.3) is 0 Å². The molecule has 0 bridgehead atoms. The van der Waals surface area contributed by atoms with Crippen molar-refractivity contribution in [1.82, 2.24) is 5.32 Å². The van der Waals surface area contributed by atoms with E-state index in [9.17, 15) is 0 Å². The van der Waals surface area contributed by atoms with Crippen molar-refractivity contribution >= 4 is 42.8 Å². The van der Waals surface area contributed by atoms with Gasteiger partial charge < -0.3 is 14.5 Å². The fraction of sp³-hybridized carbons (Fsp3) is 0.500. The third-order valence-corrected chi connectivity index (χ3v) is 4.73. The zero-order valence-electron chi connectivity index (χ0n) is 13.1. The van der Waals surface area contributed by atoms with Crippen molar-refractivity contribution in [1.29, 1.82) is 0 Å². The zero-order chi connectivity index (χ0) is 15.8. The quantitative estimate of drug-likeness (QED) is 0.719. The Balaban J connectivity index is 2.58. The number of fused-ring (bicyclic) bond motifs is 1. The molecule has 0 fully saturated rings. The van der Waals surface area contributed by atoms with E-state index >= 15 is 0 Å². The monoisotopic (exact) mass is 417 g/mol. The van der Waals surface area contributed by atoms with Crippen LogP contribution in [0.2, 0.25) is 0 Å². The van der Waals surface area contributed by atoms with E-state index in [2.05, 4.69) is 64.9 Å². The summed E-state index contributed by atoms with van der Waals surface area (Å²) in [7, 11) is 1.67. The number of hydrogen-bond donors (Lipinski definition) is 1. The molecule has 1 N–H and O–H groups in total. The first-order valence-corrected chi connectivity index (χ1v) is 8.58. The smallest absolute Gasteiger partial charge is 0.150 e. The molecular formula is C16H21Br2NO2. The number of aryl methyl sites for hydroxylation is 1. The number of rotatable bonds is 4. The summed E-state index contributed by atoms with van der Waals surface area (Å²) in [6, 6.07) is 1.93. The Labute approximate surface area is 142 Å². The van der Waals surface area contributed by atoms with E-state index in [4.69, 9.17) is 9.15 Å². The van der Waals surface area contributed by atoms with E-state index in [1.807, 2.05) is 6.07 Å². The molecule has 0 aliphatic carbocycles. The summed E-state index contributed by atoms with van der Waals surface area (Å²) in [5, 5.41) is 4.58. The number of ether oxygens (including phenoxy) is 1. The lowest BCUT2D eigenvalue weighted by molar-refractivity contribution is 0.393. The lowest BCUT2D eigenvalue weighted by Gasteiger charge is -2.19. The highest BCUT2D eigenvalue weighted by atomic mass is 79.9. The molecule has 21 heavy (non-hydrogen) atoms. The molecule has 2 rings (SSSR count). The number of hydrogen-bond acceptors (Lipinski definition) is 3. The van der Waals surface area contributed by atoms with E-state index < -0.39 is 0 Å². The Hall–Kier alpha value is -0.520. The van der Waals surface area contributed by atoms with Crippen LogP contribution in [0, 0.1) is 0 Å². The number of nitrogens with one attached hydrogen (secondary N) is 1. The second kappa shape index (κ2) is 6.31. The van der Waals surface area contributed by atoms with Crippen LogP contribution in [0.1, 0.15) is 39.0 Å². The molecule has 0 unspecified atom stereocenters. The van der Waals surface area contributed by atoms with Gasteiger partial charge in [0, 0.05) is 16.5 Å². The predicted octanol–water partition coefficient (Wildman–Crippen LogP) is 5.42. The van der Waals surface area contributed by atoms with Gasteiger partial charge in [-0.05, 0) is 65.1 Å². The molecule has 0 saturated carbocycles. The normalized spacial score (nSPS) is 12.1. The van der Waals surface area contributed by atoms with Gasteiger partial charge in [-0.25, -0.2) is 0 Å². The van der Waals surface area contributed by atoms with Gasteiger partial charge in [0.15, 0.2) is 0 Å². The molecule has 1 heterocycles. The van der Waals surface area contributed by atoms with Crippen LogP contribution < -0.4 is 10.1 Å². The van der Waals surface area contributed by atoms with Gasteiger partial charge in [-0.1, -0.05) is 6.92 Å². The maximum atomic E-state index is 6.10. The Morgan fingerprint density at radius 1 is 1.29 bits per heavy atom. The molecule has 0 spiro atoms. The molecule has 0 aliphatic heterocycles. The topological polar surface area (TPSA) is 34.4 Å². The van der Waals surface area contributed by atoms with E-state index in [-0.39, 0.29) is 5.54 Å². The Kier molecular flexibility index (Phi) is 5.06. The molecule has 116 valence electrons. The molecule has 0 radical (unpaired) electrons. The predicted molar refractivity (Wildman–Crippen MR) is 94.1 cm³/mol. The summed E-state index contributed by atoms with van der Waals surface area (Å²) in [5.41, 5.74) is 2.13. The summed E-state index contributed by atoms with van der Waals surface area (Å²) in [6.45, 7) is 9.30. The zero-order valence-corrected chi connectivity index (χ0v) is 16.2. The molecule has 1 aromatic heterocycles. The number of benzene rings is 1. The van der Waals surface area contributed by atoms with Crippen molar-refractivity contribution in [2.75, 3.05) is 7.11 Å². The molecule has 0 atom stereocenters. The highest BCUT2D eigenvalue weighted by Crippen LogP contribution is 2.42. The molecule has 2 aromatic rings. The second-order valence-electron chi connectivity index (χ2n) is 6.04. The highest BCUT2D eigenvalue weighted by molar-refractivity contribution is 9.11. The van der Waals surface area contributed by atoms with Crippen molar-refractivity contribution in [2.45, 2.75) is 46.2 Å². The molecule has 5 heteroatoms. The lowest BCUT2D eigenvalue weighted by Crippen LogP contribution is -2.35. The van der Waals surface area contributed by atoms with Crippen LogP contribution in [-0.4, -0.2) is 12.6 Å².